The maximum Gasteiger partial charge on any atom is 0.242 e. The number of amides is 1. The van der Waals surface area contributed by atoms with Crippen LogP contribution in [-0.2, 0) is 21.4 Å². The van der Waals surface area contributed by atoms with Gasteiger partial charge >= 0.3 is 0 Å². The van der Waals surface area contributed by atoms with E-state index >= 15 is 0 Å². The number of sulfonamides is 1. The zero-order valence-corrected chi connectivity index (χ0v) is 9.90. The number of aromatic nitrogens is 1. The van der Waals surface area contributed by atoms with E-state index in [1.807, 2.05) is 0 Å². The summed E-state index contributed by atoms with van der Waals surface area (Å²) in [5.41, 5.74) is 10.8. The summed E-state index contributed by atoms with van der Waals surface area (Å²) in [4.78, 5) is 14.4. The predicted octanol–water partition coefficient (Wildman–Crippen LogP) is -1.31. The molecule has 0 unspecified atom stereocenters. The van der Waals surface area contributed by atoms with Gasteiger partial charge in [0.15, 0.2) is 0 Å². The summed E-state index contributed by atoms with van der Waals surface area (Å²) in [6.07, 6.45) is 1.17. The first-order valence-electron chi connectivity index (χ1n) is 4.88. The van der Waals surface area contributed by atoms with Crippen LogP contribution in [0, 0.1) is 0 Å². The molecule has 1 rings (SSSR count). The number of rotatable bonds is 6. The van der Waals surface area contributed by atoms with Crippen LogP contribution in [0.2, 0.25) is 0 Å². The molecule has 1 aromatic heterocycles. The molecule has 0 fully saturated rings. The summed E-state index contributed by atoms with van der Waals surface area (Å²) in [5, 5.41) is 0. The van der Waals surface area contributed by atoms with Crippen molar-refractivity contribution in [2.45, 2.75) is 17.9 Å². The summed E-state index contributed by atoms with van der Waals surface area (Å²) in [7, 11) is -3.64. The highest BCUT2D eigenvalue weighted by Crippen LogP contribution is 2.07. The van der Waals surface area contributed by atoms with Crippen molar-refractivity contribution >= 4 is 15.9 Å². The molecule has 0 atom stereocenters. The van der Waals surface area contributed by atoms with Crippen molar-refractivity contribution in [1.29, 1.82) is 0 Å². The predicted molar refractivity (Wildman–Crippen MR) is 61.1 cm³/mol. The van der Waals surface area contributed by atoms with Gasteiger partial charge in [0, 0.05) is 25.7 Å². The lowest BCUT2D eigenvalue weighted by molar-refractivity contribution is -0.117. The van der Waals surface area contributed by atoms with Crippen molar-refractivity contribution in [3.8, 4) is 0 Å². The molecule has 5 N–H and O–H groups in total. The van der Waals surface area contributed by atoms with Gasteiger partial charge in [0.1, 0.15) is 4.90 Å². The van der Waals surface area contributed by atoms with Crippen LogP contribution < -0.4 is 16.2 Å². The third-order valence-electron chi connectivity index (χ3n) is 1.98. The topological polar surface area (TPSA) is 128 Å². The molecule has 94 valence electrons. The van der Waals surface area contributed by atoms with E-state index in [1.165, 1.54) is 18.3 Å². The van der Waals surface area contributed by atoms with Crippen molar-refractivity contribution < 1.29 is 13.2 Å². The average Bonchev–Trinajstić information content (AvgIpc) is 2.28. The van der Waals surface area contributed by atoms with Gasteiger partial charge in [0.05, 0.1) is 5.69 Å². The standard InChI is InChI=1S/C9H14N4O3S/c10-5-7-1-2-8(6-12-7)17(15,16)13-4-3-9(11)14/h1-2,6,13H,3-5,10H2,(H2,11,14). The van der Waals surface area contributed by atoms with E-state index < -0.39 is 15.9 Å². The van der Waals surface area contributed by atoms with Crippen molar-refractivity contribution in [2.75, 3.05) is 6.54 Å². The Morgan fingerprint density at radius 2 is 2.12 bits per heavy atom. The second-order valence-electron chi connectivity index (χ2n) is 3.30. The van der Waals surface area contributed by atoms with Gasteiger partial charge in [0.2, 0.25) is 15.9 Å². The monoisotopic (exact) mass is 258 g/mol. The van der Waals surface area contributed by atoms with Crippen LogP contribution in [0.4, 0.5) is 0 Å². The van der Waals surface area contributed by atoms with Crippen LogP contribution in [-0.4, -0.2) is 25.9 Å². The Labute approximate surface area is 99.3 Å². The van der Waals surface area contributed by atoms with Gasteiger partial charge < -0.3 is 11.5 Å². The van der Waals surface area contributed by atoms with Crippen LogP contribution in [0.3, 0.4) is 0 Å². The number of nitrogens with two attached hydrogens (primary N) is 2. The zero-order chi connectivity index (χ0) is 12.9. The van der Waals surface area contributed by atoms with E-state index in [4.69, 9.17) is 11.5 Å². The fraction of sp³-hybridized carbons (Fsp3) is 0.333. The van der Waals surface area contributed by atoms with Crippen molar-refractivity contribution in [1.82, 2.24) is 9.71 Å². The molecule has 1 heterocycles. The second kappa shape index (κ2) is 5.71. The number of nitrogens with one attached hydrogen (secondary N) is 1. The molecule has 0 aromatic carbocycles. The number of carbonyl (C=O) groups is 1. The van der Waals surface area contributed by atoms with Crippen LogP contribution in [0.25, 0.3) is 0 Å². The maximum atomic E-state index is 11.7. The van der Waals surface area contributed by atoms with E-state index in [0.717, 1.165) is 0 Å². The Hall–Kier alpha value is -1.51. The fourth-order valence-corrected chi connectivity index (χ4v) is 2.06. The Kier molecular flexibility index (Phi) is 4.55. The molecule has 0 radical (unpaired) electrons. The lowest BCUT2D eigenvalue weighted by atomic mass is 10.4. The van der Waals surface area contributed by atoms with Gasteiger partial charge in [-0.2, -0.15) is 0 Å². The van der Waals surface area contributed by atoms with E-state index in [1.54, 1.807) is 0 Å². The Morgan fingerprint density at radius 1 is 1.41 bits per heavy atom. The molecule has 7 nitrogen and oxygen atoms in total. The number of carbonyl (C=O) groups excluding carboxylic acids is 1. The van der Waals surface area contributed by atoms with Crippen LogP contribution in [0.5, 0.6) is 0 Å². The lowest BCUT2D eigenvalue weighted by Gasteiger charge is -2.05. The van der Waals surface area contributed by atoms with Crippen molar-refractivity contribution in [2.24, 2.45) is 11.5 Å². The van der Waals surface area contributed by atoms with Crippen molar-refractivity contribution in [3.05, 3.63) is 24.0 Å². The third kappa shape index (κ3) is 4.10. The number of primary amides is 1. The van der Waals surface area contributed by atoms with Gasteiger partial charge in [-0.25, -0.2) is 13.1 Å². The molecule has 0 aliphatic rings. The highest BCUT2D eigenvalue weighted by Gasteiger charge is 2.13. The summed E-state index contributed by atoms with van der Waals surface area (Å²) in [5.74, 6) is -0.565. The summed E-state index contributed by atoms with van der Waals surface area (Å²) < 4.78 is 25.6. The van der Waals surface area contributed by atoms with Crippen LogP contribution in [0.15, 0.2) is 23.2 Å². The Balaban J connectivity index is 2.72. The Bertz CT molecular complexity index is 483. The Morgan fingerprint density at radius 3 is 2.59 bits per heavy atom. The molecule has 0 saturated heterocycles. The molecule has 1 amide bonds. The van der Waals surface area contributed by atoms with E-state index in [-0.39, 0.29) is 24.4 Å². The normalized spacial score (nSPS) is 11.4. The van der Waals surface area contributed by atoms with Crippen LogP contribution in [0.1, 0.15) is 12.1 Å². The molecular formula is C9H14N4O3S. The van der Waals surface area contributed by atoms with Gasteiger partial charge in [0.25, 0.3) is 0 Å². The summed E-state index contributed by atoms with van der Waals surface area (Å²) >= 11 is 0. The maximum absolute atomic E-state index is 11.7. The number of hydrogen-bond acceptors (Lipinski definition) is 5. The molecule has 17 heavy (non-hydrogen) atoms. The molecule has 0 spiro atoms. The van der Waals surface area contributed by atoms with E-state index in [0.29, 0.717) is 5.69 Å². The molecule has 0 bridgehead atoms. The number of pyridine rings is 1. The molecule has 0 saturated carbocycles. The quantitative estimate of drug-likeness (QED) is 0.584. The largest absolute Gasteiger partial charge is 0.370 e. The third-order valence-corrected chi connectivity index (χ3v) is 3.43. The first-order valence-corrected chi connectivity index (χ1v) is 6.37. The molecule has 0 aliphatic heterocycles. The minimum absolute atomic E-state index is 0.0270. The molecule has 1 aromatic rings. The van der Waals surface area contributed by atoms with Crippen molar-refractivity contribution in [3.63, 3.8) is 0 Å². The lowest BCUT2D eigenvalue weighted by Crippen LogP contribution is -2.28. The summed E-state index contributed by atoms with van der Waals surface area (Å²) in [6.45, 7) is 0.214. The van der Waals surface area contributed by atoms with E-state index in [9.17, 15) is 13.2 Å². The first-order chi connectivity index (χ1) is 7.95. The van der Waals surface area contributed by atoms with Gasteiger partial charge in [-0.3, -0.25) is 9.78 Å². The minimum Gasteiger partial charge on any atom is -0.370 e. The fourth-order valence-electron chi connectivity index (χ4n) is 1.08. The summed E-state index contributed by atoms with van der Waals surface area (Å²) in [6, 6.07) is 2.93. The molecule has 0 aliphatic carbocycles. The first kappa shape index (κ1) is 13.6. The number of hydrogen-bond donors (Lipinski definition) is 3. The number of nitrogens with zero attached hydrogens (tertiary/aromatic N) is 1. The van der Waals surface area contributed by atoms with Gasteiger partial charge in [-0.15, -0.1) is 0 Å². The molecule has 8 heteroatoms. The van der Waals surface area contributed by atoms with Gasteiger partial charge in [-0.05, 0) is 12.1 Å². The molecular weight excluding hydrogens is 244 g/mol. The smallest absolute Gasteiger partial charge is 0.242 e. The highest BCUT2D eigenvalue weighted by atomic mass is 32.2. The highest BCUT2D eigenvalue weighted by molar-refractivity contribution is 7.89. The average molecular weight is 258 g/mol. The zero-order valence-electron chi connectivity index (χ0n) is 9.09. The minimum atomic E-state index is -3.64. The second-order valence-corrected chi connectivity index (χ2v) is 5.07. The SMILES string of the molecule is NCc1ccc(S(=O)(=O)NCCC(N)=O)cn1. The van der Waals surface area contributed by atoms with Crippen LogP contribution >= 0.6 is 0 Å². The van der Waals surface area contributed by atoms with E-state index in [2.05, 4.69) is 9.71 Å². The van der Waals surface area contributed by atoms with Gasteiger partial charge in [-0.1, -0.05) is 0 Å².